The van der Waals surface area contributed by atoms with E-state index in [-0.39, 0.29) is 18.1 Å². The van der Waals surface area contributed by atoms with E-state index in [1.165, 1.54) is 11.7 Å². The molecule has 3 aromatic rings. The first-order valence-corrected chi connectivity index (χ1v) is 8.69. The quantitative estimate of drug-likeness (QED) is 0.691. The Bertz CT molecular complexity index is 1070. The highest BCUT2D eigenvalue weighted by Gasteiger charge is 2.20. The van der Waals surface area contributed by atoms with E-state index in [0.717, 1.165) is 31.7 Å². The lowest BCUT2D eigenvalue weighted by atomic mass is 10.1. The van der Waals surface area contributed by atoms with Crippen LogP contribution in [0, 0.1) is 11.3 Å². The van der Waals surface area contributed by atoms with E-state index in [1.807, 2.05) is 12.1 Å². The maximum atomic E-state index is 13.1. The number of nitriles is 1. The van der Waals surface area contributed by atoms with Gasteiger partial charge in [0.2, 0.25) is 5.95 Å². The average Bonchev–Trinajstić information content (AvgIpc) is 3.15. The number of methoxy groups -OCH3 is 1. The van der Waals surface area contributed by atoms with Crippen LogP contribution in [0.2, 0.25) is 0 Å². The first-order valence-electron chi connectivity index (χ1n) is 8.69. The summed E-state index contributed by atoms with van der Waals surface area (Å²) in [6, 6.07) is 9.47. The first kappa shape index (κ1) is 17.1. The molecule has 0 bridgehead atoms. The predicted molar refractivity (Wildman–Crippen MR) is 100 cm³/mol. The van der Waals surface area contributed by atoms with Gasteiger partial charge in [0.25, 0.3) is 5.56 Å². The van der Waals surface area contributed by atoms with Crippen molar-refractivity contribution in [2.75, 3.05) is 38.2 Å². The second-order valence-electron chi connectivity index (χ2n) is 6.25. The van der Waals surface area contributed by atoms with E-state index >= 15 is 0 Å². The number of piperazine rings is 1. The molecule has 0 atom stereocenters. The Labute approximate surface area is 155 Å². The molecule has 1 fully saturated rings. The molecule has 1 aliphatic heterocycles. The van der Waals surface area contributed by atoms with E-state index in [0.29, 0.717) is 22.7 Å². The fourth-order valence-corrected chi connectivity index (χ4v) is 3.21. The minimum Gasteiger partial charge on any atom is -0.468 e. The van der Waals surface area contributed by atoms with Gasteiger partial charge in [-0.15, -0.1) is 0 Å². The van der Waals surface area contributed by atoms with Gasteiger partial charge in [0, 0.05) is 26.2 Å². The summed E-state index contributed by atoms with van der Waals surface area (Å²) in [5.41, 5.74) is 1.62. The minimum atomic E-state index is -0.279. The topological polar surface area (TPSA) is 112 Å². The third-order valence-electron chi connectivity index (χ3n) is 4.63. The zero-order valence-electron chi connectivity index (χ0n) is 14.9. The number of hydrogen-bond acceptors (Lipinski definition) is 7. The molecule has 138 valence electrons. The summed E-state index contributed by atoms with van der Waals surface area (Å²) in [6.45, 7) is 3.53. The average molecular weight is 365 g/mol. The Kier molecular flexibility index (Phi) is 4.48. The largest absolute Gasteiger partial charge is 0.468 e. The Morgan fingerprint density at radius 2 is 2.04 bits per heavy atom. The number of ether oxygens (including phenoxy) is 1. The maximum absolute atomic E-state index is 13.1. The molecule has 0 aliphatic carbocycles. The van der Waals surface area contributed by atoms with Crippen molar-refractivity contribution in [3.8, 4) is 12.1 Å². The van der Waals surface area contributed by atoms with Gasteiger partial charge >= 0.3 is 6.01 Å². The van der Waals surface area contributed by atoms with Crippen molar-refractivity contribution >= 4 is 17.1 Å². The number of benzene rings is 1. The molecule has 0 spiro atoms. The molecule has 27 heavy (non-hydrogen) atoms. The number of rotatable bonds is 4. The van der Waals surface area contributed by atoms with E-state index in [9.17, 15) is 10.1 Å². The van der Waals surface area contributed by atoms with Crippen molar-refractivity contribution < 1.29 is 4.74 Å². The highest BCUT2D eigenvalue weighted by Crippen LogP contribution is 2.18. The Morgan fingerprint density at radius 3 is 2.78 bits per heavy atom. The number of imidazole rings is 1. The number of anilines is 1. The third kappa shape index (κ3) is 3.11. The normalized spacial score (nSPS) is 14.3. The molecule has 1 saturated heterocycles. The van der Waals surface area contributed by atoms with Gasteiger partial charge in [0.15, 0.2) is 11.2 Å². The van der Waals surface area contributed by atoms with Gasteiger partial charge in [-0.05, 0) is 11.6 Å². The number of nitrogens with zero attached hydrogens (tertiary/aromatic N) is 5. The second-order valence-corrected chi connectivity index (χ2v) is 6.25. The summed E-state index contributed by atoms with van der Waals surface area (Å²) >= 11 is 0. The molecular formula is C18H19N7O2. The zero-order chi connectivity index (χ0) is 18.8. The van der Waals surface area contributed by atoms with E-state index in [2.05, 4.69) is 31.2 Å². The summed E-state index contributed by atoms with van der Waals surface area (Å²) in [5, 5.41) is 12.6. The van der Waals surface area contributed by atoms with Crippen molar-refractivity contribution in [1.29, 1.82) is 5.26 Å². The van der Waals surface area contributed by atoms with Crippen LogP contribution >= 0.6 is 0 Å². The molecule has 0 radical (unpaired) electrons. The number of H-pyrrole nitrogens is 1. The van der Waals surface area contributed by atoms with Crippen molar-refractivity contribution in [3.63, 3.8) is 0 Å². The van der Waals surface area contributed by atoms with Gasteiger partial charge in [-0.3, -0.25) is 9.36 Å². The van der Waals surface area contributed by atoms with E-state index in [4.69, 9.17) is 4.74 Å². The van der Waals surface area contributed by atoms with Gasteiger partial charge in [-0.2, -0.15) is 15.2 Å². The standard InChI is InChI=1S/C18H19N7O2/c1-27-18-23-15-14(21-17(22-15)24-8-6-20-7-9-24)16(26)25(18)11-13-5-3-2-4-12(13)10-19/h2-5,20H,6-9,11H2,1H3,(H,21,22). The van der Waals surface area contributed by atoms with Crippen LogP contribution in [0.5, 0.6) is 6.01 Å². The van der Waals surface area contributed by atoms with E-state index < -0.39 is 0 Å². The molecule has 3 heterocycles. The monoisotopic (exact) mass is 365 g/mol. The summed E-state index contributed by atoms with van der Waals surface area (Å²) in [7, 11) is 1.46. The Hall–Kier alpha value is -3.38. The summed E-state index contributed by atoms with van der Waals surface area (Å²) < 4.78 is 6.74. The summed E-state index contributed by atoms with van der Waals surface area (Å²) in [5.74, 6) is 0.633. The molecular weight excluding hydrogens is 346 g/mol. The van der Waals surface area contributed by atoms with Crippen LogP contribution in [-0.2, 0) is 6.54 Å². The third-order valence-corrected chi connectivity index (χ3v) is 4.63. The Balaban J connectivity index is 1.79. The molecule has 2 N–H and O–H groups in total. The summed E-state index contributed by atoms with van der Waals surface area (Å²) in [4.78, 5) is 27.1. The van der Waals surface area contributed by atoms with E-state index in [1.54, 1.807) is 12.1 Å². The van der Waals surface area contributed by atoms with Gasteiger partial charge in [-0.25, -0.2) is 0 Å². The van der Waals surface area contributed by atoms with Crippen molar-refractivity contribution in [2.45, 2.75) is 6.54 Å². The van der Waals surface area contributed by atoms with Gasteiger partial charge in [0.05, 0.1) is 25.3 Å². The maximum Gasteiger partial charge on any atom is 0.301 e. The lowest BCUT2D eigenvalue weighted by Crippen LogP contribution is -2.44. The zero-order valence-corrected chi connectivity index (χ0v) is 14.9. The number of nitrogens with one attached hydrogen (secondary N) is 2. The fourth-order valence-electron chi connectivity index (χ4n) is 3.21. The number of hydrogen-bond donors (Lipinski definition) is 2. The molecule has 1 aromatic carbocycles. The number of aromatic amines is 1. The van der Waals surface area contributed by atoms with Crippen LogP contribution in [-0.4, -0.2) is 52.8 Å². The number of aromatic nitrogens is 4. The van der Waals surface area contributed by atoms with Crippen molar-refractivity contribution in [1.82, 2.24) is 24.8 Å². The van der Waals surface area contributed by atoms with Gasteiger partial charge in [-0.1, -0.05) is 18.2 Å². The molecule has 0 saturated carbocycles. The molecule has 0 unspecified atom stereocenters. The predicted octanol–water partition coefficient (Wildman–Crippen LogP) is 0.458. The van der Waals surface area contributed by atoms with Crippen LogP contribution < -0.4 is 20.5 Å². The molecule has 1 aliphatic rings. The van der Waals surface area contributed by atoms with Crippen LogP contribution in [0.1, 0.15) is 11.1 Å². The molecule has 4 rings (SSSR count). The number of fused-ring (bicyclic) bond motifs is 1. The lowest BCUT2D eigenvalue weighted by Gasteiger charge is -2.26. The van der Waals surface area contributed by atoms with Crippen LogP contribution in [0.15, 0.2) is 29.1 Å². The van der Waals surface area contributed by atoms with Gasteiger partial charge in [0.1, 0.15) is 0 Å². The van der Waals surface area contributed by atoms with Crippen LogP contribution in [0.4, 0.5) is 5.95 Å². The first-order chi connectivity index (χ1) is 13.2. The van der Waals surface area contributed by atoms with Crippen molar-refractivity contribution in [3.05, 3.63) is 45.7 Å². The Morgan fingerprint density at radius 1 is 1.26 bits per heavy atom. The smallest absolute Gasteiger partial charge is 0.301 e. The molecule has 2 aromatic heterocycles. The lowest BCUT2D eigenvalue weighted by molar-refractivity contribution is 0.353. The van der Waals surface area contributed by atoms with Gasteiger partial charge < -0.3 is 19.9 Å². The van der Waals surface area contributed by atoms with Crippen LogP contribution in [0.3, 0.4) is 0 Å². The fraction of sp³-hybridized carbons (Fsp3) is 0.333. The summed E-state index contributed by atoms with van der Waals surface area (Å²) in [6.07, 6.45) is 0. The highest BCUT2D eigenvalue weighted by atomic mass is 16.5. The molecule has 9 nitrogen and oxygen atoms in total. The minimum absolute atomic E-state index is 0.165. The second kappa shape index (κ2) is 7.09. The molecule has 0 amide bonds. The highest BCUT2D eigenvalue weighted by molar-refractivity contribution is 5.73. The van der Waals surface area contributed by atoms with Crippen molar-refractivity contribution in [2.24, 2.45) is 0 Å². The van der Waals surface area contributed by atoms with Crippen LogP contribution in [0.25, 0.3) is 11.2 Å². The SMILES string of the molecule is COc1nc2nc(N3CCNCC3)[nH]c2c(=O)n1Cc1ccccc1C#N. The molecule has 9 heteroatoms.